The van der Waals surface area contributed by atoms with Crippen LogP contribution in [0.2, 0.25) is 0 Å². The summed E-state index contributed by atoms with van der Waals surface area (Å²) >= 11 is 0. The van der Waals surface area contributed by atoms with Gasteiger partial charge < -0.3 is 14.5 Å². The predicted molar refractivity (Wildman–Crippen MR) is 80.7 cm³/mol. The number of hydrogen-bond donors (Lipinski definition) is 0. The van der Waals surface area contributed by atoms with Crippen LogP contribution in [0, 0.1) is 5.92 Å². The number of aryl methyl sites for hydroxylation is 1. The molecule has 1 aromatic heterocycles. The first-order valence-corrected chi connectivity index (χ1v) is 7.62. The second-order valence-corrected chi connectivity index (χ2v) is 5.85. The highest BCUT2D eigenvalue weighted by molar-refractivity contribution is 5.03. The third-order valence-corrected chi connectivity index (χ3v) is 4.01. The van der Waals surface area contributed by atoms with E-state index in [2.05, 4.69) is 35.1 Å². The van der Waals surface area contributed by atoms with Crippen LogP contribution in [0.1, 0.15) is 18.9 Å². The maximum Gasteiger partial charge on any atom is 0.0589 e. The van der Waals surface area contributed by atoms with E-state index in [0.717, 1.165) is 32.2 Å². The van der Waals surface area contributed by atoms with Crippen LogP contribution in [-0.4, -0.2) is 66.5 Å². The van der Waals surface area contributed by atoms with Gasteiger partial charge in [-0.15, -0.1) is 0 Å². The van der Waals surface area contributed by atoms with Crippen LogP contribution >= 0.6 is 0 Å². The summed E-state index contributed by atoms with van der Waals surface area (Å²) in [7, 11) is 3.99. The minimum absolute atomic E-state index is 0.790. The molecule has 0 aromatic carbocycles. The van der Waals surface area contributed by atoms with Gasteiger partial charge in [-0.3, -0.25) is 4.68 Å². The fourth-order valence-electron chi connectivity index (χ4n) is 2.96. The van der Waals surface area contributed by atoms with E-state index in [-0.39, 0.29) is 0 Å². The summed E-state index contributed by atoms with van der Waals surface area (Å²) in [5.74, 6) is 0.790. The Bertz CT molecular complexity index is 393. The van der Waals surface area contributed by atoms with E-state index in [1.807, 2.05) is 10.9 Å². The van der Waals surface area contributed by atoms with Crippen LogP contribution in [0.5, 0.6) is 0 Å². The van der Waals surface area contributed by atoms with Gasteiger partial charge in [0.1, 0.15) is 0 Å². The number of methoxy groups -OCH3 is 1. The van der Waals surface area contributed by atoms with Crippen molar-refractivity contribution in [3.8, 4) is 0 Å². The fraction of sp³-hybridized carbons (Fsp3) is 0.800. The predicted octanol–water partition coefficient (Wildman–Crippen LogP) is 1.30. The van der Waals surface area contributed by atoms with Crippen LogP contribution in [0.3, 0.4) is 0 Å². The van der Waals surface area contributed by atoms with Gasteiger partial charge in [-0.1, -0.05) is 0 Å². The number of nitrogens with zero attached hydrogens (tertiary/aromatic N) is 4. The van der Waals surface area contributed by atoms with Crippen LogP contribution < -0.4 is 0 Å². The molecular formula is C15H28N4O. The molecule has 0 aliphatic carbocycles. The number of hydrogen-bond acceptors (Lipinski definition) is 4. The molecule has 1 saturated heterocycles. The molecule has 2 rings (SSSR count). The largest absolute Gasteiger partial charge is 0.383 e. The van der Waals surface area contributed by atoms with E-state index in [1.165, 1.54) is 31.6 Å². The van der Waals surface area contributed by atoms with Gasteiger partial charge >= 0.3 is 0 Å². The average Bonchev–Trinajstić information content (AvgIpc) is 3.05. The molecule has 0 radical (unpaired) electrons. The van der Waals surface area contributed by atoms with Crippen LogP contribution in [0.25, 0.3) is 0 Å². The SMILES string of the molecule is CCn1cc(CN(C)C[C@H]2CCN(CCOC)C2)cn1. The highest BCUT2D eigenvalue weighted by Gasteiger charge is 2.23. The first-order chi connectivity index (χ1) is 9.71. The van der Waals surface area contributed by atoms with Crippen molar-refractivity contribution < 1.29 is 4.74 Å². The molecule has 1 fully saturated rings. The second-order valence-electron chi connectivity index (χ2n) is 5.85. The van der Waals surface area contributed by atoms with E-state index in [4.69, 9.17) is 4.74 Å². The van der Waals surface area contributed by atoms with Crippen molar-refractivity contribution in [1.82, 2.24) is 19.6 Å². The van der Waals surface area contributed by atoms with Gasteiger partial charge in [0.2, 0.25) is 0 Å². The molecule has 5 heteroatoms. The highest BCUT2D eigenvalue weighted by atomic mass is 16.5. The minimum Gasteiger partial charge on any atom is -0.383 e. The molecule has 2 heterocycles. The standard InChI is InChI=1S/C15H28N4O/c1-4-19-13-15(9-16-19)11-17(2)10-14-5-6-18(12-14)7-8-20-3/h9,13-14H,4-8,10-12H2,1-3H3/t14-/m1/s1. The quantitative estimate of drug-likeness (QED) is 0.719. The number of rotatable bonds is 8. The monoisotopic (exact) mass is 280 g/mol. The number of likely N-dealkylation sites (tertiary alicyclic amines) is 1. The lowest BCUT2D eigenvalue weighted by atomic mass is 10.1. The number of aromatic nitrogens is 2. The summed E-state index contributed by atoms with van der Waals surface area (Å²) in [5, 5.41) is 4.33. The normalized spacial score (nSPS) is 20.1. The third-order valence-electron chi connectivity index (χ3n) is 4.01. The van der Waals surface area contributed by atoms with E-state index in [0.29, 0.717) is 0 Å². The van der Waals surface area contributed by atoms with Crippen molar-refractivity contribution in [2.75, 3.05) is 46.9 Å². The second kappa shape index (κ2) is 7.76. The summed E-state index contributed by atoms with van der Waals surface area (Å²) < 4.78 is 7.14. The zero-order chi connectivity index (χ0) is 14.4. The van der Waals surface area contributed by atoms with Gasteiger partial charge in [0, 0.05) is 51.6 Å². The summed E-state index contributed by atoms with van der Waals surface area (Å²) in [6.07, 6.45) is 5.44. The zero-order valence-electron chi connectivity index (χ0n) is 13.1. The molecule has 1 aliphatic rings. The molecule has 0 N–H and O–H groups in total. The molecule has 1 aliphatic heterocycles. The van der Waals surface area contributed by atoms with Crippen molar-refractivity contribution in [3.05, 3.63) is 18.0 Å². The first-order valence-electron chi connectivity index (χ1n) is 7.62. The minimum atomic E-state index is 0.790. The van der Waals surface area contributed by atoms with Crippen molar-refractivity contribution in [3.63, 3.8) is 0 Å². The van der Waals surface area contributed by atoms with Gasteiger partial charge in [0.15, 0.2) is 0 Å². The Morgan fingerprint density at radius 1 is 1.50 bits per heavy atom. The lowest BCUT2D eigenvalue weighted by Crippen LogP contribution is -2.29. The Labute approximate surface area is 122 Å². The molecule has 0 amide bonds. The van der Waals surface area contributed by atoms with Crippen molar-refractivity contribution in [2.45, 2.75) is 26.4 Å². The maximum atomic E-state index is 5.15. The molecule has 20 heavy (non-hydrogen) atoms. The molecule has 1 aromatic rings. The zero-order valence-corrected chi connectivity index (χ0v) is 13.1. The molecule has 114 valence electrons. The van der Waals surface area contributed by atoms with Crippen molar-refractivity contribution in [2.24, 2.45) is 5.92 Å². The van der Waals surface area contributed by atoms with Gasteiger partial charge in [-0.05, 0) is 32.9 Å². The smallest absolute Gasteiger partial charge is 0.0589 e. The Balaban J connectivity index is 1.70. The Morgan fingerprint density at radius 2 is 2.35 bits per heavy atom. The Kier molecular flexibility index (Phi) is 6.01. The van der Waals surface area contributed by atoms with Gasteiger partial charge in [-0.2, -0.15) is 5.10 Å². The summed E-state index contributed by atoms with van der Waals surface area (Å²) in [6.45, 7) is 9.57. The van der Waals surface area contributed by atoms with Gasteiger partial charge in [0.05, 0.1) is 12.8 Å². The number of ether oxygens (including phenoxy) is 1. The molecule has 5 nitrogen and oxygen atoms in total. The lowest BCUT2D eigenvalue weighted by Gasteiger charge is -2.21. The van der Waals surface area contributed by atoms with Gasteiger partial charge in [0.25, 0.3) is 0 Å². The van der Waals surface area contributed by atoms with Crippen molar-refractivity contribution in [1.29, 1.82) is 0 Å². The molecule has 0 unspecified atom stereocenters. The third kappa shape index (κ3) is 4.58. The fourth-order valence-corrected chi connectivity index (χ4v) is 2.96. The van der Waals surface area contributed by atoms with Crippen LogP contribution in [-0.2, 0) is 17.8 Å². The van der Waals surface area contributed by atoms with Crippen LogP contribution in [0.4, 0.5) is 0 Å². The Morgan fingerprint density at radius 3 is 3.05 bits per heavy atom. The van der Waals surface area contributed by atoms with E-state index >= 15 is 0 Å². The van der Waals surface area contributed by atoms with E-state index in [1.54, 1.807) is 7.11 Å². The topological polar surface area (TPSA) is 33.5 Å². The Hall–Kier alpha value is -0.910. The van der Waals surface area contributed by atoms with Crippen molar-refractivity contribution >= 4 is 0 Å². The molecule has 0 bridgehead atoms. The van der Waals surface area contributed by atoms with Crippen LogP contribution in [0.15, 0.2) is 12.4 Å². The molecular weight excluding hydrogens is 252 g/mol. The summed E-state index contributed by atoms with van der Waals surface area (Å²) in [5.41, 5.74) is 1.31. The first kappa shape index (κ1) is 15.5. The summed E-state index contributed by atoms with van der Waals surface area (Å²) in [6, 6.07) is 0. The highest BCUT2D eigenvalue weighted by Crippen LogP contribution is 2.17. The van der Waals surface area contributed by atoms with E-state index in [9.17, 15) is 0 Å². The maximum absolute atomic E-state index is 5.15. The molecule has 0 spiro atoms. The van der Waals surface area contributed by atoms with Gasteiger partial charge in [-0.25, -0.2) is 0 Å². The summed E-state index contributed by atoms with van der Waals surface area (Å²) in [4.78, 5) is 4.93. The lowest BCUT2D eigenvalue weighted by molar-refractivity contribution is 0.157. The van der Waals surface area contributed by atoms with E-state index < -0.39 is 0 Å². The average molecular weight is 280 g/mol. The molecule has 1 atom stereocenters. The molecule has 0 saturated carbocycles.